The smallest absolute Gasteiger partial charge is 0.307 e. The second kappa shape index (κ2) is 11.8. The second-order valence-electron chi connectivity index (χ2n) is 11.4. The number of nitrogens with zero attached hydrogens (tertiary/aromatic N) is 4. The summed E-state index contributed by atoms with van der Waals surface area (Å²) in [7, 11) is 0. The zero-order valence-corrected chi connectivity index (χ0v) is 24.4. The van der Waals surface area contributed by atoms with Crippen molar-refractivity contribution in [3.63, 3.8) is 0 Å². The summed E-state index contributed by atoms with van der Waals surface area (Å²) in [4.78, 5) is 43.4. The molecule has 6 rings (SSSR count). The number of ether oxygens (including phenoxy) is 1. The van der Waals surface area contributed by atoms with Crippen molar-refractivity contribution in [2.45, 2.75) is 64.8 Å². The zero-order valence-electron chi connectivity index (χ0n) is 23.7. The number of benzene rings is 2. The molecule has 1 saturated carbocycles. The number of hydrogen-bond acceptors (Lipinski definition) is 5. The van der Waals surface area contributed by atoms with Gasteiger partial charge in [0, 0.05) is 48.5 Å². The Balaban J connectivity index is 1.37. The largest absolute Gasteiger partial charge is 0.487 e. The molecule has 9 nitrogen and oxygen atoms in total. The van der Waals surface area contributed by atoms with Gasteiger partial charge in [-0.1, -0.05) is 42.6 Å². The third-order valence-corrected chi connectivity index (χ3v) is 9.29. The van der Waals surface area contributed by atoms with Crippen LogP contribution < -0.4 is 4.74 Å². The standard InChI is InChI=1S/C32H35ClN4O5/c1-2-36-15-13-21(34-36)19-42-28-12-11-26(33)25-14-16-37(31(39)23-9-5-6-10-24(23)32(40)41)27(29(25)28)18-35-17-20-7-3-4-8-22(20)30(35)38/h3-4,7-8,11-13,15,23-24,27H,2,5-6,9-10,14,16-19H2,1H3,(H,40,41)/t23?,24-,27-/m1/s1. The lowest BCUT2D eigenvalue weighted by Gasteiger charge is -2.43. The molecule has 3 atom stereocenters. The van der Waals surface area contributed by atoms with Crippen LogP contribution in [-0.4, -0.2) is 55.6 Å². The number of carbonyl (C=O) groups excluding carboxylic acids is 2. The van der Waals surface area contributed by atoms with E-state index in [0.29, 0.717) is 48.7 Å². The van der Waals surface area contributed by atoms with Crippen molar-refractivity contribution in [2.24, 2.45) is 11.8 Å². The maximum Gasteiger partial charge on any atom is 0.307 e. The van der Waals surface area contributed by atoms with Gasteiger partial charge in [-0.25, -0.2) is 0 Å². The fourth-order valence-electron chi connectivity index (χ4n) is 6.77. The first kappa shape index (κ1) is 28.3. The zero-order chi connectivity index (χ0) is 29.4. The molecule has 1 aromatic heterocycles. The highest BCUT2D eigenvalue weighted by atomic mass is 35.5. The maximum atomic E-state index is 14.2. The van der Waals surface area contributed by atoms with Crippen molar-refractivity contribution in [1.29, 1.82) is 0 Å². The summed E-state index contributed by atoms with van der Waals surface area (Å²) in [5, 5.41) is 15.1. The van der Waals surface area contributed by atoms with E-state index in [1.807, 2.05) is 60.3 Å². The number of halogens is 1. The predicted octanol–water partition coefficient (Wildman–Crippen LogP) is 5.11. The molecule has 42 heavy (non-hydrogen) atoms. The molecule has 0 spiro atoms. The van der Waals surface area contributed by atoms with Crippen LogP contribution in [0.1, 0.15) is 71.4 Å². The summed E-state index contributed by atoms with van der Waals surface area (Å²) in [5.74, 6) is -1.91. The number of fused-ring (bicyclic) bond motifs is 2. The summed E-state index contributed by atoms with van der Waals surface area (Å²) in [6.07, 6.45) is 5.06. The topological polar surface area (TPSA) is 105 Å². The van der Waals surface area contributed by atoms with E-state index in [0.717, 1.165) is 41.8 Å². The predicted molar refractivity (Wildman–Crippen MR) is 156 cm³/mol. The molecule has 3 aliphatic rings. The molecule has 0 bridgehead atoms. The number of hydrogen-bond donors (Lipinski definition) is 1. The first-order valence-corrected chi connectivity index (χ1v) is 15.1. The summed E-state index contributed by atoms with van der Waals surface area (Å²) in [6, 6.07) is 12.6. The van der Waals surface area contributed by atoms with Crippen molar-refractivity contribution in [3.05, 3.63) is 81.6 Å². The monoisotopic (exact) mass is 590 g/mol. The van der Waals surface area contributed by atoms with E-state index in [9.17, 15) is 19.5 Å². The lowest BCUT2D eigenvalue weighted by Crippen LogP contribution is -2.50. The van der Waals surface area contributed by atoms with Gasteiger partial charge in [0.2, 0.25) is 5.91 Å². The van der Waals surface area contributed by atoms with Crippen molar-refractivity contribution in [3.8, 4) is 5.75 Å². The van der Waals surface area contributed by atoms with Gasteiger partial charge in [-0.3, -0.25) is 19.1 Å². The average molecular weight is 591 g/mol. The van der Waals surface area contributed by atoms with Crippen LogP contribution in [0.4, 0.5) is 0 Å². The molecule has 10 heteroatoms. The molecule has 2 amide bonds. The lowest BCUT2D eigenvalue weighted by atomic mass is 9.77. The van der Waals surface area contributed by atoms with Crippen LogP contribution in [0, 0.1) is 11.8 Å². The molecular formula is C32H35ClN4O5. The Morgan fingerprint density at radius 2 is 1.88 bits per heavy atom. The highest BCUT2D eigenvalue weighted by Crippen LogP contribution is 2.43. The Labute approximate surface area is 250 Å². The van der Waals surface area contributed by atoms with Gasteiger partial charge >= 0.3 is 5.97 Å². The molecule has 3 heterocycles. The number of carboxylic acids is 1. The van der Waals surface area contributed by atoms with Crippen molar-refractivity contribution in [1.82, 2.24) is 19.6 Å². The van der Waals surface area contributed by atoms with Crippen LogP contribution in [0.5, 0.6) is 5.75 Å². The van der Waals surface area contributed by atoms with E-state index in [1.54, 1.807) is 9.80 Å². The molecule has 1 N–H and O–H groups in total. The molecule has 3 aromatic rings. The summed E-state index contributed by atoms with van der Waals surface area (Å²) in [6.45, 7) is 4.08. The fourth-order valence-corrected chi connectivity index (χ4v) is 7.03. The van der Waals surface area contributed by atoms with E-state index in [2.05, 4.69) is 5.10 Å². The minimum Gasteiger partial charge on any atom is -0.487 e. The van der Waals surface area contributed by atoms with Gasteiger partial charge in [0.1, 0.15) is 12.4 Å². The Hall–Kier alpha value is -3.85. The van der Waals surface area contributed by atoms with Crippen molar-refractivity contribution >= 4 is 29.4 Å². The van der Waals surface area contributed by atoms with Gasteiger partial charge in [0.25, 0.3) is 5.91 Å². The van der Waals surface area contributed by atoms with E-state index < -0.39 is 23.8 Å². The number of carbonyl (C=O) groups is 3. The fraction of sp³-hybridized carbons (Fsp3) is 0.438. The van der Waals surface area contributed by atoms with Gasteiger partial charge in [0.05, 0.1) is 23.6 Å². The van der Waals surface area contributed by atoms with Gasteiger partial charge in [-0.05, 0) is 61.6 Å². The van der Waals surface area contributed by atoms with Gasteiger partial charge < -0.3 is 19.6 Å². The molecular weight excluding hydrogens is 556 g/mol. The highest BCUT2D eigenvalue weighted by Gasteiger charge is 2.44. The highest BCUT2D eigenvalue weighted by molar-refractivity contribution is 6.31. The average Bonchev–Trinajstić information content (AvgIpc) is 3.60. The molecule has 1 fully saturated rings. The Morgan fingerprint density at radius 3 is 2.62 bits per heavy atom. The van der Waals surface area contributed by atoms with E-state index >= 15 is 0 Å². The summed E-state index contributed by atoms with van der Waals surface area (Å²) in [5.41, 5.74) is 4.06. The van der Waals surface area contributed by atoms with E-state index in [1.165, 1.54) is 0 Å². The number of carboxylic acid groups (broad SMARTS) is 1. The second-order valence-corrected chi connectivity index (χ2v) is 11.8. The van der Waals surface area contributed by atoms with Gasteiger partial charge in [-0.15, -0.1) is 0 Å². The third-order valence-electron chi connectivity index (χ3n) is 8.94. The molecule has 0 radical (unpaired) electrons. The molecule has 1 unspecified atom stereocenters. The molecule has 2 aromatic carbocycles. The van der Waals surface area contributed by atoms with Gasteiger partial charge in [-0.2, -0.15) is 5.10 Å². The molecule has 2 aliphatic heterocycles. The van der Waals surface area contributed by atoms with Crippen molar-refractivity contribution in [2.75, 3.05) is 13.1 Å². The SMILES string of the molecule is CCn1ccc(COc2ccc(Cl)c3c2[C@@H](CN2Cc4ccccc4C2=O)N(C(=O)C2CCCC[C@H]2C(=O)O)CC3)n1. The van der Waals surface area contributed by atoms with Crippen LogP contribution in [0.3, 0.4) is 0 Å². The lowest BCUT2D eigenvalue weighted by molar-refractivity contribution is -0.153. The molecule has 220 valence electrons. The van der Waals surface area contributed by atoms with Gasteiger partial charge in [0.15, 0.2) is 0 Å². The normalized spacial score (nSPS) is 21.7. The van der Waals surface area contributed by atoms with Crippen molar-refractivity contribution < 1.29 is 24.2 Å². The summed E-state index contributed by atoms with van der Waals surface area (Å²) >= 11 is 6.74. The molecule has 0 saturated heterocycles. The number of aryl methyl sites for hydroxylation is 1. The third kappa shape index (κ3) is 5.26. The van der Waals surface area contributed by atoms with Crippen LogP contribution >= 0.6 is 11.6 Å². The van der Waals surface area contributed by atoms with E-state index in [-0.39, 0.29) is 25.0 Å². The Kier molecular flexibility index (Phi) is 7.94. The first-order chi connectivity index (χ1) is 20.4. The Morgan fingerprint density at radius 1 is 1.10 bits per heavy atom. The number of aromatic nitrogens is 2. The van der Waals surface area contributed by atoms with Crippen LogP contribution in [-0.2, 0) is 35.7 Å². The quantitative estimate of drug-likeness (QED) is 0.391. The summed E-state index contributed by atoms with van der Waals surface area (Å²) < 4.78 is 8.18. The van der Waals surface area contributed by atoms with Crippen LogP contribution in [0.25, 0.3) is 0 Å². The Bertz CT molecular complexity index is 1520. The number of aliphatic carboxylic acids is 1. The minimum absolute atomic E-state index is 0.0826. The maximum absolute atomic E-state index is 14.2. The number of rotatable bonds is 8. The molecule has 1 aliphatic carbocycles. The van der Waals surface area contributed by atoms with E-state index in [4.69, 9.17) is 16.3 Å². The van der Waals surface area contributed by atoms with Crippen LogP contribution in [0.2, 0.25) is 5.02 Å². The number of amides is 2. The minimum atomic E-state index is -0.925. The van der Waals surface area contributed by atoms with Crippen LogP contribution in [0.15, 0.2) is 48.7 Å². The first-order valence-electron chi connectivity index (χ1n) is 14.7.